The zero-order valence-corrected chi connectivity index (χ0v) is 19.4. The quantitative estimate of drug-likeness (QED) is 0.555. The molecule has 1 amide bonds. The molecule has 0 unspecified atom stereocenters. The van der Waals surface area contributed by atoms with Crippen LogP contribution in [0.5, 0.6) is 5.75 Å². The number of benzene rings is 3. The Labute approximate surface area is 195 Å². The van der Waals surface area contributed by atoms with Crippen molar-refractivity contribution in [2.24, 2.45) is 5.92 Å². The van der Waals surface area contributed by atoms with Crippen LogP contribution in [-0.2, 0) is 16.4 Å². The Morgan fingerprint density at radius 1 is 0.970 bits per heavy atom. The number of nitrogens with zero attached hydrogens (tertiary/aromatic N) is 1. The Hall–Kier alpha value is -3.32. The first kappa shape index (κ1) is 22.9. The van der Waals surface area contributed by atoms with Gasteiger partial charge < -0.3 is 9.64 Å². The highest BCUT2D eigenvalue weighted by molar-refractivity contribution is 7.92. The van der Waals surface area contributed by atoms with Crippen molar-refractivity contribution >= 4 is 21.6 Å². The van der Waals surface area contributed by atoms with Crippen molar-refractivity contribution in [1.29, 1.82) is 0 Å². The van der Waals surface area contributed by atoms with E-state index in [-0.39, 0.29) is 10.8 Å². The van der Waals surface area contributed by atoms with Gasteiger partial charge in [0.1, 0.15) is 5.75 Å². The maximum Gasteiger partial charge on any atom is 0.262 e. The number of sulfonamides is 1. The molecular formula is C26H28N2O4S. The predicted octanol–water partition coefficient (Wildman–Crippen LogP) is 4.59. The minimum Gasteiger partial charge on any atom is -0.495 e. The van der Waals surface area contributed by atoms with E-state index in [0.717, 1.165) is 19.3 Å². The second-order valence-electron chi connectivity index (χ2n) is 8.26. The summed E-state index contributed by atoms with van der Waals surface area (Å²) in [6.07, 6.45) is 2.90. The smallest absolute Gasteiger partial charge is 0.262 e. The number of piperidine rings is 1. The number of para-hydroxylation sites is 2. The Balaban J connectivity index is 1.42. The normalized spacial score (nSPS) is 14.6. The Morgan fingerprint density at radius 3 is 2.39 bits per heavy atom. The summed E-state index contributed by atoms with van der Waals surface area (Å²) in [5.74, 6) is 0.836. The number of hydrogen-bond acceptors (Lipinski definition) is 4. The summed E-state index contributed by atoms with van der Waals surface area (Å²) in [5, 5.41) is 0. The van der Waals surface area contributed by atoms with E-state index in [1.807, 2.05) is 11.0 Å². The number of carbonyl (C=O) groups is 1. The number of nitrogens with one attached hydrogen (secondary N) is 1. The summed E-state index contributed by atoms with van der Waals surface area (Å²) < 4.78 is 33.7. The van der Waals surface area contributed by atoms with Gasteiger partial charge in [0, 0.05) is 18.7 Å². The second kappa shape index (κ2) is 10.1. The van der Waals surface area contributed by atoms with Crippen molar-refractivity contribution in [2.75, 3.05) is 24.9 Å². The Kier molecular flexibility index (Phi) is 6.99. The van der Waals surface area contributed by atoms with Crippen LogP contribution in [0.1, 0.15) is 28.8 Å². The van der Waals surface area contributed by atoms with Crippen molar-refractivity contribution in [1.82, 2.24) is 4.90 Å². The lowest BCUT2D eigenvalue weighted by molar-refractivity contribution is 0.0690. The lowest BCUT2D eigenvalue weighted by Crippen LogP contribution is -2.39. The molecule has 0 saturated carbocycles. The zero-order chi connectivity index (χ0) is 23.3. The molecule has 0 spiro atoms. The summed E-state index contributed by atoms with van der Waals surface area (Å²) in [7, 11) is -2.40. The molecule has 1 fully saturated rings. The van der Waals surface area contributed by atoms with Crippen molar-refractivity contribution in [2.45, 2.75) is 24.2 Å². The van der Waals surface area contributed by atoms with Gasteiger partial charge in [0.15, 0.2) is 0 Å². The number of rotatable bonds is 7. The van der Waals surface area contributed by atoms with Crippen LogP contribution in [0.4, 0.5) is 5.69 Å². The SMILES string of the molecule is COc1ccccc1NS(=O)(=O)c1cccc(C(=O)N2CCC(Cc3ccccc3)CC2)c1. The minimum absolute atomic E-state index is 0.0400. The molecule has 3 aromatic rings. The maximum atomic E-state index is 13.1. The van der Waals surface area contributed by atoms with E-state index < -0.39 is 10.0 Å². The van der Waals surface area contributed by atoms with E-state index in [9.17, 15) is 13.2 Å². The molecule has 4 rings (SSSR count). The molecule has 1 heterocycles. The third-order valence-corrected chi connectivity index (χ3v) is 7.37. The monoisotopic (exact) mass is 464 g/mol. The number of anilines is 1. The van der Waals surface area contributed by atoms with Crippen LogP contribution in [0.25, 0.3) is 0 Å². The van der Waals surface area contributed by atoms with Crippen LogP contribution >= 0.6 is 0 Å². The van der Waals surface area contributed by atoms with Crippen LogP contribution in [0, 0.1) is 5.92 Å². The van der Waals surface area contributed by atoms with Gasteiger partial charge in [-0.1, -0.05) is 48.5 Å². The highest BCUT2D eigenvalue weighted by Crippen LogP contribution is 2.27. The standard InChI is InChI=1S/C26H28N2O4S/c1-32-25-13-6-5-12-24(25)27-33(30,31)23-11-7-10-22(19-23)26(29)28-16-14-21(15-17-28)18-20-8-3-2-4-9-20/h2-13,19,21,27H,14-18H2,1H3. The third-order valence-electron chi connectivity index (χ3n) is 6.01. The van der Waals surface area contributed by atoms with E-state index in [2.05, 4.69) is 29.0 Å². The summed E-state index contributed by atoms with van der Waals surface area (Å²) in [5.41, 5.74) is 2.04. The first-order chi connectivity index (χ1) is 16.0. The predicted molar refractivity (Wildman–Crippen MR) is 129 cm³/mol. The van der Waals surface area contributed by atoms with Gasteiger partial charge in [-0.3, -0.25) is 9.52 Å². The number of carbonyl (C=O) groups excluding carboxylic acids is 1. The molecule has 6 nitrogen and oxygen atoms in total. The molecule has 1 aliphatic rings. The van der Waals surface area contributed by atoms with Crippen LogP contribution < -0.4 is 9.46 Å². The van der Waals surface area contributed by atoms with Crippen LogP contribution in [0.2, 0.25) is 0 Å². The lowest BCUT2D eigenvalue weighted by Gasteiger charge is -2.32. The zero-order valence-electron chi connectivity index (χ0n) is 18.6. The highest BCUT2D eigenvalue weighted by Gasteiger charge is 2.25. The van der Waals surface area contributed by atoms with Gasteiger partial charge in [0.05, 0.1) is 17.7 Å². The number of amides is 1. The first-order valence-electron chi connectivity index (χ1n) is 11.1. The van der Waals surface area contributed by atoms with Gasteiger partial charge >= 0.3 is 0 Å². The fourth-order valence-electron chi connectivity index (χ4n) is 4.20. The molecule has 0 radical (unpaired) electrons. The van der Waals surface area contributed by atoms with Crippen molar-refractivity contribution in [3.8, 4) is 5.75 Å². The van der Waals surface area contributed by atoms with Crippen molar-refractivity contribution in [3.05, 3.63) is 90.0 Å². The molecule has 33 heavy (non-hydrogen) atoms. The Morgan fingerprint density at radius 2 is 1.67 bits per heavy atom. The number of likely N-dealkylation sites (tertiary alicyclic amines) is 1. The van der Waals surface area contributed by atoms with E-state index in [1.54, 1.807) is 36.4 Å². The van der Waals surface area contributed by atoms with Gasteiger partial charge in [-0.15, -0.1) is 0 Å². The van der Waals surface area contributed by atoms with Crippen molar-refractivity contribution < 1.29 is 17.9 Å². The molecule has 172 valence electrons. The summed E-state index contributed by atoms with van der Waals surface area (Å²) in [6.45, 7) is 1.35. The topological polar surface area (TPSA) is 75.7 Å². The van der Waals surface area contributed by atoms with Crippen LogP contribution in [0.3, 0.4) is 0 Å². The van der Waals surface area contributed by atoms with Crippen LogP contribution in [-0.4, -0.2) is 39.4 Å². The second-order valence-corrected chi connectivity index (χ2v) is 9.94. The molecule has 7 heteroatoms. The summed E-state index contributed by atoms with van der Waals surface area (Å²) in [6, 6.07) is 23.4. The molecule has 1 aliphatic heterocycles. The lowest BCUT2D eigenvalue weighted by atomic mass is 9.90. The fourth-order valence-corrected chi connectivity index (χ4v) is 5.31. The third kappa shape index (κ3) is 5.54. The van der Waals surface area contributed by atoms with E-state index in [4.69, 9.17) is 4.74 Å². The number of hydrogen-bond donors (Lipinski definition) is 1. The number of methoxy groups -OCH3 is 1. The van der Waals surface area contributed by atoms with Gasteiger partial charge in [-0.2, -0.15) is 0 Å². The van der Waals surface area contributed by atoms with E-state index >= 15 is 0 Å². The molecule has 0 aliphatic carbocycles. The van der Waals surface area contributed by atoms with Crippen molar-refractivity contribution in [3.63, 3.8) is 0 Å². The average Bonchev–Trinajstić information content (AvgIpc) is 2.85. The maximum absolute atomic E-state index is 13.1. The molecule has 0 bridgehead atoms. The fraction of sp³-hybridized carbons (Fsp3) is 0.269. The molecule has 0 aromatic heterocycles. The van der Waals surface area contributed by atoms with Crippen LogP contribution in [0.15, 0.2) is 83.8 Å². The summed E-state index contributed by atoms with van der Waals surface area (Å²) in [4.78, 5) is 15.0. The molecular weight excluding hydrogens is 436 g/mol. The van der Waals surface area contributed by atoms with Gasteiger partial charge in [0.2, 0.25) is 0 Å². The first-order valence-corrected chi connectivity index (χ1v) is 12.5. The number of ether oxygens (including phenoxy) is 1. The largest absolute Gasteiger partial charge is 0.495 e. The molecule has 3 aromatic carbocycles. The van der Waals surface area contributed by atoms with E-state index in [1.165, 1.54) is 24.8 Å². The molecule has 0 atom stereocenters. The average molecular weight is 465 g/mol. The minimum atomic E-state index is -3.88. The summed E-state index contributed by atoms with van der Waals surface area (Å²) >= 11 is 0. The molecule has 1 N–H and O–H groups in total. The Bertz CT molecular complexity index is 1200. The van der Waals surface area contributed by atoms with Gasteiger partial charge in [-0.05, 0) is 61.1 Å². The molecule has 1 saturated heterocycles. The highest BCUT2D eigenvalue weighted by atomic mass is 32.2. The van der Waals surface area contributed by atoms with Gasteiger partial charge in [0.25, 0.3) is 15.9 Å². The van der Waals surface area contributed by atoms with E-state index in [0.29, 0.717) is 36.0 Å². The van der Waals surface area contributed by atoms with Gasteiger partial charge in [-0.25, -0.2) is 8.42 Å².